The monoisotopic (exact) mass is 407 g/mol. The Morgan fingerprint density at radius 1 is 1.28 bits per heavy atom. The van der Waals surface area contributed by atoms with Crippen molar-refractivity contribution in [3.8, 4) is 0 Å². The van der Waals surface area contributed by atoms with Crippen molar-refractivity contribution in [2.75, 3.05) is 32.7 Å². The molecule has 4 nitrogen and oxygen atoms in total. The van der Waals surface area contributed by atoms with E-state index in [1.165, 1.54) is 4.88 Å². The van der Waals surface area contributed by atoms with E-state index in [4.69, 9.17) is 5.73 Å². The lowest BCUT2D eigenvalue weighted by molar-refractivity contribution is -0.140. The molecule has 2 N–H and O–H groups in total. The molecule has 3 rings (SSSR count). The molecule has 2 aliphatic rings. The number of piperazine rings is 1. The van der Waals surface area contributed by atoms with E-state index in [1.807, 2.05) is 11.3 Å². The summed E-state index contributed by atoms with van der Waals surface area (Å²) >= 11 is 1.83. The van der Waals surface area contributed by atoms with Crippen molar-refractivity contribution >= 4 is 42.1 Å². The van der Waals surface area contributed by atoms with Gasteiger partial charge < -0.3 is 10.6 Å². The number of thiophene rings is 1. The third kappa shape index (κ3) is 5.83. The van der Waals surface area contributed by atoms with Crippen LogP contribution in [0.15, 0.2) is 17.5 Å². The Hall–Kier alpha value is -0.330. The Morgan fingerprint density at radius 3 is 2.60 bits per heavy atom. The largest absolute Gasteiger partial charge is 0.340 e. The fourth-order valence-corrected chi connectivity index (χ4v) is 4.60. The van der Waals surface area contributed by atoms with Gasteiger partial charge in [0.1, 0.15) is 0 Å². The first kappa shape index (κ1) is 22.7. The van der Waals surface area contributed by atoms with Gasteiger partial charge in [-0.05, 0) is 37.6 Å². The van der Waals surface area contributed by atoms with E-state index in [2.05, 4.69) is 34.2 Å². The minimum absolute atomic E-state index is 0. The van der Waals surface area contributed by atoms with Gasteiger partial charge in [0.15, 0.2) is 0 Å². The van der Waals surface area contributed by atoms with Crippen LogP contribution in [-0.4, -0.2) is 54.0 Å². The highest BCUT2D eigenvalue weighted by Gasteiger charge is 2.40. The normalized spacial score (nSPS) is 27.3. The first-order valence-corrected chi connectivity index (χ1v) is 9.77. The summed E-state index contributed by atoms with van der Waals surface area (Å²) in [6, 6.07) is 4.32. The number of carbonyl (C=O) groups excluding carboxylic acids is 1. The van der Waals surface area contributed by atoms with Gasteiger partial charge in [0.25, 0.3) is 0 Å². The lowest BCUT2D eigenvalue weighted by Crippen LogP contribution is -2.57. The van der Waals surface area contributed by atoms with Gasteiger partial charge in [0.05, 0.1) is 5.92 Å². The number of nitrogens with zero attached hydrogens (tertiary/aromatic N) is 2. The maximum atomic E-state index is 12.8. The Morgan fingerprint density at radius 2 is 2.00 bits per heavy atom. The Labute approximate surface area is 167 Å². The van der Waals surface area contributed by atoms with Crippen molar-refractivity contribution in [3.63, 3.8) is 0 Å². The lowest BCUT2D eigenvalue weighted by atomic mass is 9.74. The zero-order valence-corrected chi connectivity index (χ0v) is 17.4. The molecule has 1 saturated carbocycles. The van der Waals surface area contributed by atoms with Crippen LogP contribution in [0.2, 0.25) is 0 Å². The van der Waals surface area contributed by atoms with Gasteiger partial charge in [-0.15, -0.1) is 36.2 Å². The molecule has 2 heterocycles. The van der Waals surface area contributed by atoms with Gasteiger partial charge in [0, 0.05) is 43.1 Å². The van der Waals surface area contributed by atoms with E-state index in [0.29, 0.717) is 5.91 Å². The number of hydrogen-bond acceptors (Lipinski definition) is 4. The molecule has 1 aromatic rings. The summed E-state index contributed by atoms with van der Waals surface area (Å²) in [5, 5.41) is 2.14. The molecule has 1 saturated heterocycles. The molecule has 1 aromatic heterocycles. The second-order valence-electron chi connectivity index (χ2n) is 7.30. The second kappa shape index (κ2) is 10.1. The molecular weight excluding hydrogens is 377 g/mol. The van der Waals surface area contributed by atoms with Gasteiger partial charge in [-0.2, -0.15) is 0 Å². The van der Waals surface area contributed by atoms with Crippen LogP contribution in [0.3, 0.4) is 0 Å². The predicted octanol–water partition coefficient (Wildman–Crippen LogP) is 3.19. The van der Waals surface area contributed by atoms with Gasteiger partial charge in [-0.25, -0.2) is 0 Å². The van der Waals surface area contributed by atoms with Crippen molar-refractivity contribution in [2.45, 2.75) is 44.6 Å². The number of halogens is 2. The number of rotatable bonds is 4. The van der Waals surface area contributed by atoms with Crippen LogP contribution < -0.4 is 5.73 Å². The molecular formula is C18H31Cl2N3OS. The van der Waals surface area contributed by atoms with Gasteiger partial charge in [-0.1, -0.05) is 18.9 Å². The van der Waals surface area contributed by atoms with Crippen LogP contribution >= 0.6 is 36.2 Å². The fraction of sp³-hybridized carbons (Fsp3) is 0.722. The third-order valence-corrected chi connectivity index (χ3v) is 6.43. The van der Waals surface area contributed by atoms with Crippen molar-refractivity contribution in [1.82, 2.24) is 9.80 Å². The van der Waals surface area contributed by atoms with E-state index >= 15 is 0 Å². The van der Waals surface area contributed by atoms with Gasteiger partial charge >= 0.3 is 0 Å². The molecule has 0 aromatic carbocycles. The first-order chi connectivity index (χ1) is 11.1. The van der Waals surface area contributed by atoms with E-state index in [0.717, 1.165) is 64.8 Å². The summed E-state index contributed by atoms with van der Waals surface area (Å²) in [5.74, 6) is 0.321. The van der Waals surface area contributed by atoms with Crippen LogP contribution in [0, 0.1) is 5.92 Å². The van der Waals surface area contributed by atoms with Crippen molar-refractivity contribution in [3.05, 3.63) is 22.4 Å². The van der Waals surface area contributed by atoms with E-state index in [-0.39, 0.29) is 36.3 Å². The summed E-state index contributed by atoms with van der Waals surface area (Å²) in [5.41, 5.74) is 6.09. The van der Waals surface area contributed by atoms with Crippen molar-refractivity contribution in [2.24, 2.45) is 11.7 Å². The number of nitrogens with two attached hydrogens (primary N) is 1. The maximum Gasteiger partial charge on any atom is 0.227 e. The number of carbonyl (C=O) groups is 1. The molecule has 144 valence electrons. The lowest BCUT2D eigenvalue weighted by Gasteiger charge is -2.42. The Kier molecular flexibility index (Phi) is 9.19. The minimum Gasteiger partial charge on any atom is -0.340 e. The summed E-state index contributed by atoms with van der Waals surface area (Å²) < 4.78 is 0. The average molecular weight is 408 g/mol. The van der Waals surface area contributed by atoms with Crippen molar-refractivity contribution < 1.29 is 4.79 Å². The smallest absolute Gasteiger partial charge is 0.227 e. The number of hydrogen-bond donors (Lipinski definition) is 1. The predicted molar refractivity (Wildman–Crippen MR) is 110 cm³/mol. The molecule has 0 spiro atoms. The molecule has 1 aliphatic carbocycles. The second-order valence-corrected chi connectivity index (χ2v) is 8.33. The molecule has 25 heavy (non-hydrogen) atoms. The highest BCUT2D eigenvalue weighted by molar-refractivity contribution is 7.09. The molecule has 7 heteroatoms. The standard InChI is InChI=1S/C18H29N3OS.2ClH/c1-18(19)8-3-2-6-16(18)17(22)21-12-10-20(11-13-21)9-7-15-5-4-14-23-15;;/h4-5,14,16H,2-3,6-13,19H2,1H3;2*1H. The van der Waals surface area contributed by atoms with Crippen LogP contribution in [0.4, 0.5) is 0 Å². The molecule has 2 unspecified atom stereocenters. The highest BCUT2D eigenvalue weighted by Crippen LogP contribution is 2.33. The van der Waals surface area contributed by atoms with Gasteiger partial charge in [0.2, 0.25) is 5.91 Å². The van der Waals surface area contributed by atoms with E-state index in [1.54, 1.807) is 0 Å². The summed E-state index contributed by atoms with van der Waals surface area (Å²) in [6.07, 6.45) is 5.36. The van der Waals surface area contributed by atoms with Crippen LogP contribution in [0.25, 0.3) is 0 Å². The van der Waals surface area contributed by atoms with Crippen LogP contribution in [0.5, 0.6) is 0 Å². The molecule has 1 amide bonds. The highest BCUT2D eigenvalue weighted by atomic mass is 35.5. The maximum absolute atomic E-state index is 12.8. The summed E-state index contributed by atoms with van der Waals surface area (Å²) in [4.78, 5) is 18.8. The SMILES string of the molecule is CC1(N)CCCCC1C(=O)N1CCN(CCc2cccs2)CC1.Cl.Cl. The average Bonchev–Trinajstić information content (AvgIpc) is 3.06. The molecule has 0 radical (unpaired) electrons. The molecule has 0 bridgehead atoms. The Balaban J connectivity index is 0.00000156. The first-order valence-electron chi connectivity index (χ1n) is 8.89. The van der Waals surface area contributed by atoms with E-state index in [9.17, 15) is 4.79 Å². The zero-order chi connectivity index (χ0) is 16.3. The molecule has 1 aliphatic heterocycles. The third-order valence-electron chi connectivity index (χ3n) is 5.49. The Bertz CT molecular complexity index is 516. The topological polar surface area (TPSA) is 49.6 Å². The molecule has 2 atom stereocenters. The molecule has 2 fully saturated rings. The minimum atomic E-state index is -0.314. The van der Waals surface area contributed by atoms with Gasteiger partial charge in [-0.3, -0.25) is 9.69 Å². The zero-order valence-electron chi connectivity index (χ0n) is 15.0. The number of amides is 1. The van der Waals surface area contributed by atoms with Crippen LogP contribution in [0.1, 0.15) is 37.5 Å². The van der Waals surface area contributed by atoms with Crippen molar-refractivity contribution in [1.29, 1.82) is 0 Å². The summed E-state index contributed by atoms with van der Waals surface area (Å²) in [7, 11) is 0. The van der Waals surface area contributed by atoms with Crippen LogP contribution in [-0.2, 0) is 11.2 Å². The fourth-order valence-electron chi connectivity index (χ4n) is 3.90. The summed E-state index contributed by atoms with van der Waals surface area (Å²) in [6.45, 7) is 6.86. The van der Waals surface area contributed by atoms with E-state index < -0.39 is 0 Å². The quantitative estimate of drug-likeness (QED) is 0.833.